The Morgan fingerprint density at radius 3 is 2.58 bits per heavy atom. The molecule has 1 aromatic carbocycles. The zero-order chi connectivity index (χ0) is 14.0. The average Bonchev–Trinajstić information content (AvgIpc) is 2.87. The Morgan fingerprint density at radius 2 is 2.00 bits per heavy atom. The largest absolute Gasteiger partial charge is 0.371 e. The van der Waals surface area contributed by atoms with E-state index in [9.17, 15) is 4.79 Å². The molecule has 0 N–H and O–H groups in total. The van der Waals surface area contributed by atoms with E-state index >= 15 is 0 Å². The van der Waals surface area contributed by atoms with Crippen molar-refractivity contribution in [3.05, 3.63) is 29.8 Å². The van der Waals surface area contributed by atoms with Gasteiger partial charge in [-0.15, -0.1) is 0 Å². The maximum Gasteiger partial charge on any atom is 0.164 e. The molecule has 2 rings (SSSR count). The van der Waals surface area contributed by atoms with Crippen LogP contribution in [0.2, 0.25) is 0 Å². The second-order valence-electron chi connectivity index (χ2n) is 6.59. The number of carbonyl (C=O) groups is 1. The van der Waals surface area contributed by atoms with E-state index in [2.05, 4.69) is 31.7 Å². The molecule has 0 bridgehead atoms. The molecule has 1 aromatic rings. The quantitative estimate of drug-likeness (QED) is 0.760. The Balaban J connectivity index is 2.22. The van der Waals surface area contributed by atoms with Gasteiger partial charge < -0.3 is 4.90 Å². The smallest absolute Gasteiger partial charge is 0.164 e. The number of ketones is 1. The average molecular weight is 259 g/mol. The SMILES string of the molecule is CCC(=O)c1ccccc1N1CCC(C(C)(C)C)C1. The van der Waals surface area contributed by atoms with Crippen molar-refractivity contribution in [1.29, 1.82) is 0 Å². The van der Waals surface area contributed by atoms with Crippen LogP contribution in [-0.4, -0.2) is 18.9 Å². The minimum atomic E-state index is 0.245. The molecule has 1 fully saturated rings. The lowest BCUT2D eigenvalue weighted by molar-refractivity contribution is 0.0988. The molecule has 19 heavy (non-hydrogen) atoms. The van der Waals surface area contributed by atoms with Crippen molar-refractivity contribution in [2.24, 2.45) is 11.3 Å². The van der Waals surface area contributed by atoms with Gasteiger partial charge in [-0.25, -0.2) is 0 Å². The van der Waals surface area contributed by atoms with Crippen molar-refractivity contribution in [2.75, 3.05) is 18.0 Å². The molecule has 1 unspecified atom stereocenters. The highest BCUT2D eigenvalue weighted by atomic mass is 16.1. The van der Waals surface area contributed by atoms with Gasteiger partial charge >= 0.3 is 0 Å². The summed E-state index contributed by atoms with van der Waals surface area (Å²) >= 11 is 0. The van der Waals surface area contributed by atoms with Crippen LogP contribution in [0.3, 0.4) is 0 Å². The zero-order valence-corrected chi connectivity index (χ0v) is 12.6. The topological polar surface area (TPSA) is 20.3 Å². The fraction of sp³-hybridized carbons (Fsp3) is 0.588. The maximum absolute atomic E-state index is 12.0. The van der Waals surface area contributed by atoms with Crippen molar-refractivity contribution in [2.45, 2.75) is 40.5 Å². The zero-order valence-electron chi connectivity index (χ0n) is 12.6. The van der Waals surface area contributed by atoms with Crippen LogP contribution in [0.1, 0.15) is 50.9 Å². The molecule has 0 aliphatic carbocycles. The van der Waals surface area contributed by atoms with Crippen LogP contribution in [0.25, 0.3) is 0 Å². The molecule has 1 atom stereocenters. The van der Waals surface area contributed by atoms with Crippen molar-refractivity contribution < 1.29 is 4.79 Å². The summed E-state index contributed by atoms with van der Waals surface area (Å²) in [6.45, 7) is 11.0. The molecule has 0 radical (unpaired) electrons. The molecular weight excluding hydrogens is 234 g/mol. The molecule has 0 aromatic heterocycles. The van der Waals surface area contributed by atoms with E-state index in [1.165, 1.54) is 6.42 Å². The molecule has 104 valence electrons. The summed E-state index contributed by atoms with van der Waals surface area (Å²) in [7, 11) is 0. The van der Waals surface area contributed by atoms with Gasteiger partial charge in [0.1, 0.15) is 0 Å². The summed E-state index contributed by atoms with van der Waals surface area (Å²) in [6, 6.07) is 8.05. The van der Waals surface area contributed by atoms with Gasteiger partial charge in [0.05, 0.1) is 0 Å². The van der Waals surface area contributed by atoms with Gasteiger partial charge in [-0.05, 0) is 29.9 Å². The first kappa shape index (κ1) is 14.1. The first-order chi connectivity index (χ1) is 8.93. The predicted molar refractivity (Wildman–Crippen MR) is 80.8 cm³/mol. The molecular formula is C17H25NO. The molecule has 1 saturated heterocycles. The van der Waals surface area contributed by atoms with Crippen molar-refractivity contribution >= 4 is 11.5 Å². The number of benzene rings is 1. The monoisotopic (exact) mass is 259 g/mol. The van der Waals surface area contributed by atoms with E-state index in [1.54, 1.807) is 0 Å². The Labute approximate surface area is 116 Å². The number of para-hydroxylation sites is 1. The molecule has 2 nitrogen and oxygen atoms in total. The van der Waals surface area contributed by atoms with Crippen LogP contribution >= 0.6 is 0 Å². The van der Waals surface area contributed by atoms with Crippen LogP contribution in [0, 0.1) is 11.3 Å². The van der Waals surface area contributed by atoms with Crippen molar-refractivity contribution in [3.63, 3.8) is 0 Å². The molecule has 1 aliphatic heterocycles. The lowest BCUT2D eigenvalue weighted by atomic mass is 9.80. The summed E-state index contributed by atoms with van der Waals surface area (Å²) in [5, 5.41) is 0. The summed E-state index contributed by atoms with van der Waals surface area (Å²) in [5.41, 5.74) is 2.36. The molecule has 1 heterocycles. The van der Waals surface area contributed by atoms with Gasteiger partial charge in [0.15, 0.2) is 5.78 Å². The minimum Gasteiger partial charge on any atom is -0.371 e. The Kier molecular flexibility index (Phi) is 3.98. The van der Waals surface area contributed by atoms with E-state index in [0.29, 0.717) is 17.8 Å². The highest BCUT2D eigenvalue weighted by Crippen LogP contribution is 2.36. The fourth-order valence-corrected chi connectivity index (χ4v) is 2.86. The number of carbonyl (C=O) groups excluding carboxylic acids is 1. The highest BCUT2D eigenvalue weighted by Gasteiger charge is 2.32. The Morgan fingerprint density at radius 1 is 1.32 bits per heavy atom. The van der Waals surface area contributed by atoms with Gasteiger partial charge in [-0.2, -0.15) is 0 Å². The van der Waals surface area contributed by atoms with Gasteiger partial charge in [0, 0.05) is 30.8 Å². The second-order valence-corrected chi connectivity index (χ2v) is 6.59. The van der Waals surface area contributed by atoms with Crippen LogP contribution < -0.4 is 4.90 Å². The van der Waals surface area contributed by atoms with Gasteiger partial charge in [-0.1, -0.05) is 39.8 Å². The maximum atomic E-state index is 12.0. The molecule has 0 saturated carbocycles. The first-order valence-corrected chi connectivity index (χ1v) is 7.30. The number of anilines is 1. The molecule has 0 amide bonds. The number of hydrogen-bond donors (Lipinski definition) is 0. The molecule has 0 spiro atoms. The molecule has 1 aliphatic rings. The third kappa shape index (κ3) is 2.99. The number of hydrogen-bond acceptors (Lipinski definition) is 2. The van der Waals surface area contributed by atoms with E-state index in [0.717, 1.165) is 24.3 Å². The number of Topliss-reactive ketones (excluding diaryl/α,β-unsaturated/α-hetero) is 1. The lowest BCUT2D eigenvalue weighted by Gasteiger charge is -2.28. The van der Waals surface area contributed by atoms with Crippen LogP contribution in [0.5, 0.6) is 0 Å². The first-order valence-electron chi connectivity index (χ1n) is 7.30. The lowest BCUT2D eigenvalue weighted by Crippen LogP contribution is -2.26. The highest BCUT2D eigenvalue weighted by molar-refractivity contribution is 6.01. The van der Waals surface area contributed by atoms with E-state index in [4.69, 9.17) is 0 Å². The summed E-state index contributed by atoms with van der Waals surface area (Å²) in [6.07, 6.45) is 1.80. The second kappa shape index (κ2) is 5.36. The van der Waals surface area contributed by atoms with E-state index in [1.807, 2.05) is 25.1 Å². The normalized spacial score (nSPS) is 19.8. The van der Waals surface area contributed by atoms with Crippen LogP contribution in [0.4, 0.5) is 5.69 Å². The van der Waals surface area contributed by atoms with E-state index in [-0.39, 0.29) is 5.78 Å². The van der Waals surface area contributed by atoms with Crippen molar-refractivity contribution in [1.82, 2.24) is 0 Å². The summed E-state index contributed by atoms with van der Waals surface area (Å²) in [5.74, 6) is 0.951. The fourth-order valence-electron chi connectivity index (χ4n) is 2.86. The predicted octanol–water partition coefficient (Wildman–Crippen LogP) is 4.15. The van der Waals surface area contributed by atoms with Crippen molar-refractivity contribution in [3.8, 4) is 0 Å². The third-order valence-corrected chi connectivity index (χ3v) is 4.28. The molecule has 2 heteroatoms. The Bertz CT molecular complexity index is 459. The number of rotatable bonds is 3. The standard InChI is InChI=1S/C17H25NO/c1-5-16(19)14-8-6-7-9-15(14)18-11-10-13(12-18)17(2,3)4/h6-9,13H,5,10-12H2,1-4H3. The van der Waals surface area contributed by atoms with E-state index < -0.39 is 0 Å². The van der Waals surface area contributed by atoms with Gasteiger partial charge in [-0.3, -0.25) is 4.79 Å². The number of nitrogens with zero attached hydrogens (tertiary/aromatic N) is 1. The minimum absolute atomic E-state index is 0.245. The van der Waals surface area contributed by atoms with Crippen LogP contribution in [-0.2, 0) is 0 Å². The third-order valence-electron chi connectivity index (χ3n) is 4.28. The summed E-state index contributed by atoms with van der Waals surface area (Å²) < 4.78 is 0. The van der Waals surface area contributed by atoms with Crippen LogP contribution in [0.15, 0.2) is 24.3 Å². The summed E-state index contributed by atoms with van der Waals surface area (Å²) in [4.78, 5) is 14.4. The Hall–Kier alpha value is -1.31. The van der Waals surface area contributed by atoms with Gasteiger partial charge in [0.25, 0.3) is 0 Å². The van der Waals surface area contributed by atoms with Gasteiger partial charge in [0.2, 0.25) is 0 Å².